The Labute approximate surface area is 128 Å². The van der Waals surface area contributed by atoms with Crippen molar-refractivity contribution in [3.8, 4) is 0 Å². The minimum atomic E-state index is -0.00361. The lowest BCUT2D eigenvalue weighted by Gasteiger charge is -2.18. The highest BCUT2D eigenvalue weighted by Crippen LogP contribution is 2.32. The third-order valence-corrected chi connectivity index (χ3v) is 4.02. The Bertz CT molecular complexity index is 873. The summed E-state index contributed by atoms with van der Waals surface area (Å²) in [5.74, 6) is 0.925. The number of aromatic nitrogens is 2. The maximum Gasteiger partial charge on any atom is 0.134 e. The molecule has 0 N–H and O–H groups in total. The van der Waals surface area contributed by atoms with Gasteiger partial charge in [-0.25, -0.2) is 4.98 Å². The van der Waals surface area contributed by atoms with Crippen LogP contribution < -0.4 is 0 Å². The van der Waals surface area contributed by atoms with Crippen molar-refractivity contribution in [2.75, 3.05) is 0 Å². The molecule has 4 rings (SSSR count). The first kappa shape index (κ1) is 12.9. The maximum absolute atomic E-state index is 6.11. The summed E-state index contributed by atoms with van der Waals surface area (Å²) in [7, 11) is 0. The molecule has 0 saturated carbocycles. The van der Waals surface area contributed by atoms with E-state index in [-0.39, 0.29) is 6.04 Å². The Morgan fingerprint density at radius 1 is 1.05 bits per heavy atom. The molecule has 2 aromatic carbocycles. The molecule has 22 heavy (non-hydrogen) atoms. The smallest absolute Gasteiger partial charge is 0.134 e. The Morgan fingerprint density at radius 2 is 1.86 bits per heavy atom. The van der Waals surface area contributed by atoms with Gasteiger partial charge in [0.1, 0.15) is 17.4 Å². The second-order valence-corrected chi connectivity index (χ2v) is 5.46. The molecule has 0 aliphatic carbocycles. The number of benzene rings is 2. The van der Waals surface area contributed by atoms with Gasteiger partial charge >= 0.3 is 0 Å². The van der Waals surface area contributed by atoms with Crippen LogP contribution in [0.2, 0.25) is 0 Å². The minimum Gasteiger partial charge on any atom is -0.458 e. The molecule has 3 nitrogen and oxygen atoms in total. The number of hydrogen-bond donors (Lipinski definition) is 0. The number of furan rings is 1. The SMILES string of the molecule is Cc1ccccc1C(c1cc2ccccc2o1)n1ccnc1. The molecular formula is C19H16N2O. The number of fused-ring (bicyclic) bond motifs is 1. The van der Waals surface area contributed by atoms with Crippen LogP contribution in [0.15, 0.2) is 77.7 Å². The summed E-state index contributed by atoms with van der Waals surface area (Å²) in [4.78, 5) is 4.20. The topological polar surface area (TPSA) is 31.0 Å². The van der Waals surface area contributed by atoms with E-state index in [0.717, 1.165) is 16.7 Å². The highest BCUT2D eigenvalue weighted by Gasteiger charge is 2.21. The number of nitrogens with zero attached hydrogens (tertiary/aromatic N) is 2. The van der Waals surface area contributed by atoms with Gasteiger partial charge in [-0.05, 0) is 30.2 Å². The van der Waals surface area contributed by atoms with Crippen LogP contribution in [0.5, 0.6) is 0 Å². The van der Waals surface area contributed by atoms with Crippen LogP contribution in [0.3, 0.4) is 0 Å². The van der Waals surface area contributed by atoms with E-state index in [2.05, 4.69) is 52.9 Å². The number of hydrogen-bond acceptors (Lipinski definition) is 2. The molecule has 0 amide bonds. The number of aryl methyl sites for hydroxylation is 1. The van der Waals surface area contributed by atoms with E-state index in [9.17, 15) is 0 Å². The van der Waals surface area contributed by atoms with Crippen molar-refractivity contribution in [2.24, 2.45) is 0 Å². The fourth-order valence-corrected chi connectivity index (χ4v) is 2.91. The standard InChI is InChI=1S/C19H16N2O/c1-14-6-2-4-8-16(14)19(21-11-10-20-13-21)18-12-15-7-3-5-9-17(15)22-18/h2-13,19H,1H3. The van der Waals surface area contributed by atoms with Gasteiger partial charge in [0.2, 0.25) is 0 Å². The van der Waals surface area contributed by atoms with E-state index in [1.165, 1.54) is 11.1 Å². The monoisotopic (exact) mass is 288 g/mol. The molecular weight excluding hydrogens is 272 g/mol. The van der Waals surface area contributed by atoms with Crippen molar-refractivity contribution in [1.82, 2.24) is 9.55 Å². The molecule has 0 fully saturated rings. The van der Waals surface area contributed by atoms with Gasteiger partial charge in [0.15, 0.2) is 0 Å². The van der Waals surface area contributed by atoms with Crippen molar-refractivity contribution in [3.05, 3.63) is 90.2 Å². The van der Waals surface area contributed by atoms with Gasteiger partial charge in [0, 0.05) is 17.8 Å². The molecule has 0 aliphatic heterocycles. The van der Waals surface area contributed by atoms with Crippen LogP contribution in [-0.4, -0.2) is 9.55 Å². The van der Waals surface area contributed by atoms with Crippen LogP contribution in [0.1, 0.15) is 22.9 Å². The average Bonchev–Trinajstić information content (AvgIpc) is 3.19. The molecule has 2 heterocycles. The third kappa shape index (κ3) is 2.11. The minimum absolute atomic E-state index is 0.00361. The molecule has 108 valence electrons. The van der Waals surface area contributed by atoms with Crippen molar-refractivity contribution in [3.63, 3.8) is 0 Å². The third-order valence-electron chi connectivity index (χ3n) is 4.02. The highest BCUT2D eigenvalue weighted by molar-refractivity contribution is 5.78. The summed E-state index contributed by atoms with van der Waals surface area (Å²) in [6, 6.07) is 18.6. The van der Waals surface area contributed by atoms with Crippen LogP contribution in [-0.2, 0) is 0 Å². The maximum atomic E-state index is 6.11. The van der Waals surface area contributed by atoms with Gasteiger partial charge in [-0.2, -0.15) is 0 Å². The van der Waals surface area contributed by atoms with Crippen LogP contribution >= 0.6 is 0 Å². The van der Waals surface area contributed by atoms with Crippen molar-refractivity contribution < 1.29 is 4.42 Å². The van der Waals surface area contributed by atoms with Crippen molar-refractivity contribution in [1.29, 1.82) is 0 Å². The normalized spacial score (nSPS) is 12.6. The first-order valence-electron chi connectivity index (χ1n) is 7.34. The first-order valence-corrected chi connectivity index (χ1v) is 7.34. The molecule has 0 bridgehead atoms. The molecule has 2 aromatic heterocycles. The van der Waals surface area contributed by atoms with Crippen LogP contribution in [0, 0.1) is 6.92 Å². The summed E-state index contributed by atoms with van der Waals surface area (Å²) < 4.78 is 8.20. The Morgan fingerprint density at radius 3 is 2.64 bits per heavy atom. The Kier molecular flexibility index (Phi) is 3.04. The van der Waals surface area contributed by atoms with Gasteiger partial charge < -0.3 is 8.98 Å². The van der Waals surface area contributed by atoms with Crippen molar-refractivity contribution in [2.45, 2.75) is 13.0 Å². The summed E-state index contributed by atoms with van der Waals surface area (Å²) in [6.45, 7) is 2.13. The number of imidazole rings is 1. The van der Waals surface area contributed by atoms with E-state index in [0.29, 0.717) is 0 Å². The predicted octanol–water partition coefficient (Wildman–Crippen LogP) is 4.58. The van der Waals surface area contributed by atoms with Gasteiger partial charge in [-0.1, -0.05) is 42.5 Å². The molecule has 0 aliphatic rings. The molecule has 0 saturated heterocycles. The summed E-state index contributed by atoms with van der Waals surface area (Å²) >= 11 is 0. The fourth-order valence-electron chi connectivity index (χ4n) is 2.91. The van der Waals surface area contributed by atoms with E-state index >= 15 is 0 Å². The molecule has 0 radical (unpaired) electrons. The van der Waals surface area contributed by atoms with E-state index in [1.807, 2.05) is 30.7 Å². The van der Waals surface area contributed by atoms with Gasteiger partial charge in [-0.15, -0.1) is 0 Å². The highest BCUT2D eigenvalue weighted by atomic mass is 16.3. The average molecular weight is 288 g/mol. The van der Waals surface area contributed by atoms with Crippen LogP contribution in [0.4, 0.5) is 0 Å². The summed E-state index contributed by atoms with van der Waals surface area (Å²) in [6.07, 6.45) is 5.61. The molecule has 3 heteroatoms. The lowest BCUT2D eigenvalue weighted by Crippen LogP contribution is -2.11. The lowest BCUT2D eigenvalue weighted by molar-refractivity contribution is 0.486. The molecule has 0 spiro atoms. The van der Waals surface area contributed by atoms with Gasteiger partial charge in [-0.3, -0.25) is 0 Å². The Hall–Kier alpha value is -2.81. The zero-order chi connectivity index (χ0) is 14.9. The van der Waals surface area contributed by atoms with Gasteiger partial charge in [0.05, 0.1) is 6.33 Å². The largest absolute Gasteiger partial charge is 0.458 e. The molecule has 1 unspecified atom stereocenters. The fraction of sp³-hybridized carbons (Fsp3) is 0.105. The second kappa shape index (κ2) is 5.19. The zero-order valence-electron chi connectivity index (χ0n) is 12.3. The Balaban J connectivity index is 1.93. The quantitative estimate of drug-likeness (QED) is 0.552. The molecule has 1 atom stereocenters. The number of para-hydroxylation sites is 1. The summed E-state index contributed by atoms with van der Waals surface area (Å²) in [5, 5.41) is 1.12. The van der Waals surface area contributed by atoms with E-state index in [4.69, 9.17) is 4.42 Å². The van der Waals surface area contributed by atoms with Gasteiger partial charge in [0.25, 0.3) is 0 Å². The predicted molar refractivity (Wildman–Crippen MR) is 86.9 cm³/mol. The van der Waals surface area contributed by atoms with E-state index < -0.39 is 0 Å². The first-order chi connectivity index (χ1) is 10.8. The number of rotatable bonds is 3. The zero-order valence-corrected chi connectivity index (χ0v) is 12.3. The van der Waals surface area contributed by atoms with Crippen LogP contribution in [0.25, 0.3) is 11.0 Å². The van der Waals surface area contributed by atoms with E-state index in [1.54, 1.807) is 6.20 Å². The summed E-state index contributed by atoms with van der Waals surface area (Å²) in [5.41, 5.74) is 3.37. The second-order valence-electron chi connectivity index (χ2n) is 5.46. The lowest BCUT2D eigenvalue weighted by atomic mass is 9.99. The molecule has 4 aromatic rings. The van der Waals surface area contributed by atoms with Crippen molar-refractivity contribution >= 4 is 11.0 Å².